The van der Waals surface area contributed by atoms with E-state index in [0.29, 0.717) is 6.54 Å². The molecule has 7 heteroatoms. The molecule has 1 amide bonds. The fraction of sp³-hybridized carbons (Fsp3) is 0.667. The molecule has 0 bridgehead atoms. The minimum absolute atomic E-state index is 0.0407. The lowest BCUT2D eigenvalue weighted by atomic mass is 9.96. The number of hydrogen-bond acceptors (Lipinski definition) is 5. The number of carbonyl (C=O) groups is 1. The highest BCUT2D eigenvalue weighted by Crippen LogP contribution is 2.40. The second-order valence-corrected chi connectivity index (χ2v) is 14.0. The number of rotatable bonds is 6. The zero-order valence-electron chi connectivity index (χ0n) is 17.9. The summed E-state index contributed by atoms with van der Waals surface area (Å²) in [5, 5.41) is 19.9. The van der Waals surface area contributed by atoms with Crippen LogP contribution in [0, 0.1) is 5.92 Å². The van der Waals surface area contributed by atoms with Crippen LogP contribution in [0.5, 0.6) is 0 Å². The molecule has 1 fully saturated rings. The summed E-state index contributed by atoms with van der Waals surface area (Å²) in [5.74, 6) is -0.111. The van der Waals surface area contributed by atoms with Crippen LogP contribution in [0.25, 0.3) is 0 Å². The van der Waals surface area contributed by atoms with Gasteiger partial charge in [0.15, 0.2) is 8.32 Å². The number of ether oxygens (including phenoxy) is 1. The predicted molar refractivity (Wildman–Crippen MR) is 111 cm³/mol. The molecule has 1 aromatic rings. The van der Waals surface area contributed by atoms with Gasteiger partial charge in [0.1, 0.15) is 6.61 Å². The monoisotopic (exact) mass is 409 g/mol. The maximum absolute atomic E-state index is 12.8. The molecule has 2 N–H and O–H groups in total. The molecule has 6 nitrogen and oxygen atoms in total. The van der Waals surface area contributed by atoms with Crippen LogP contribution >= 0.6 is 0 Å². The maximum atomic E-state index is 12.8. The third kappa shape index (κ3) is 5.14. The lowest BCUT2D eigenvalue weighted by molar-refractivity contribution is 0.00769. The first kappa shape index (κ1) is 22.9. The molecule has 28 heavy (non-hydrogen) atoms. The third-order valence-electron chi connectivity index (χ3n) is 6.13. The van der Waals surface area contributed by atoms with Crippen molar-refractivity contribution in [3.63, 3.8) is 0 Å². The Morgan fingerprint density at radius 3 is 2.43 bits per heavy atom. The molecule has 0 aliphatic carbocycles. The van der Waals surface area contributed by atoms with Gasteiger partial charge in [-0.15, -0.1) is 0 Å². The first-order valence-electron chi connectivity index (χ1n) is 9.92. The minimum Gasteiger partial charge on any atom is -0.445 e. The number of nitrogens with zero attached hydrogens (tertiary/aromatic N) is 1. The van der Waals surface area contributed by atoms with Gasteiger partial charge in [-0.2, -0.15) is 0 Å². The second-order valence-electron chi connectivity index (χ2n) is 9.21. The van der Waals surface area contributed by atoms with Crippen LogP contribution in [0.1, 0.15) is 33.3 Å². The molecular formula is C21H35NO5Si. The Hall–Kier alpha value is -1.41. The van der Waals surface area contributed by atoms with Gasteiger partial charge in [-0.05, 0) is 23.7 Å². The summed E-state index contributed by atoms with van der Waals surface area (Å²) in [5.41, 5.74) is 0.899. The average molecular weight is 410 g/mol. The maximum Gasteiger partial charge on any atom is 0.410 e. The highest BCUT2D eigenvalue weighted by atomic mass is 28.4. The molecule has 1 aromatic carbocycles. The van der Waals surface area contributed by atoms with Crippen molar-refractivity contribution in [2.45, 2.75) is 70.7 Å². The number of likely N-dealkylation sites (tertiary alicyclic amines) is 1. The average Bonchev–Trinajstić information content (AvgIpc) is 2.95. The molecular weight excluding hydrogens is 374 g/mol. The van der Waals surface area contributed by atoms with Crippen LogP contribution < -0.4 is 0 Å². The molecule has 0 spiro atoms. The normalized spacial score (nSPS) is 24.3. The molecule has 1 aliphatic heterocycles. The number of hydrogen-bond donors (Lipinski definition) is 2. The Morgan fingerprint density at radius 2 is 1.89 bits per heavy atom. The number of aliphatic hydroxyl groups is 2. The lowest BCUT2D eigenvalue weighted by Crippen LogP contribution is -2.47. The van der Waals surface area contributed by atoms with E-state index in [1.807, 2.05) is 37.3 Å². The van der Waals surface area contributed by atoms with Gasteiger partial charge in [0.05, 0.1) is 24.9 Å². The van der Waals surface area contributed by atoms with Crippen LogP contribution in [0.4, 0.5) is 4.79 Å². The van der Waals surface area contributed by atoms with Crippen LogP contribution in [0.15, 0.2) is 30.3 Å². The van der Waals surface area contributed by atoms with Crippen molar-refractivity contribution in [2.75, 3.05) is 13.2 Å². The van der Waals surface area contributed by atoms with E-state index in [2.05, 4.69) is 33.9 Å². The number of amides is 1. The largest absolute Gasteiger partial charge is 0.445 e. The van der Waals surface area contributed by atoms with Crippen molar-refractivity contribution < 1.29 is 24.2 Å². The van der Waals surface area contributed by atoms with Crippen LogP contribution in [-0.4, -0.2) is 60.9 Å². The van der Waals surface area contributed by atoms with Gasteiger partial charge in [0, 0.05) is 12.5 Å². The highest BCUT2D eigenvalue weighted by molar-refractivity contribution is 6.74. The van der Waals surface area contributed by atoms with E-state index in [1.165, 1.54) is 4.90 Å². The third-order valence-corrected chi connectivity index (χ3v) is 10.6. The van der Waals surface area contributed by atoms with Crippen LogP contribution in [0.3, 0.4) is 0 Å². The quantitative estimate of drug-likeness (QED) is 0.704. The Morgan fingerprint density at radius 1 is 1.29 bits per heavy atom. The summed E-state index contributed by atoms with van der Waals surface area (Å²) >= 11 is 0. The first-order chi connectivity index (χ1) is 13.0. The Kier molecular flexibility index (Phi) is 7.31. The fourth-order valence-electron chi connectivity index (χ4n) is 3.35. The number of benzene rings is 1. The molecule has 4 atom stereocenters. The highest BCUT2D eigenvalue weighted by Gasteiger charge is 2.49. The second kappa shape index (κ2) is 8.94. The number of aliphatic hydroxyl groups excluding tert-OH is 2. The van der Waals surface area contributed by atoms with Crippen molar-refractivity contribution in [1.82, 2.24) is 4.90 Å². The Bertz CT molecular complexity index is 646. The smallest absolute Gasteiger partial charge is 0.410 e. The van der Waals surface area contributed by atoms with Gasteiger partial charge in [-0.3, -0.25) is 4.90 Å². The van der Waals surface area contributed by atoms with Crippen LogP contribution in [-0.2, 0) is 15.8 Å². The van der Waals surface area contributed by atoms with E-state index in [1.54, 1.807) is 0 Å². The lowest BCUT2D eigenvalue weighted by Gasteiger charge is -2.39. The van der Waals surface area contributed by atoms with Crippen molar-refractivity contribution in [2.24, 2.45) is 5.92 Å². The molecule has 1 saturated heterocycles. The first-order valence-corrected chi connectivity index (χ1v) is 12.8. The van der Waals surface area contributed by atoms with Gasteiger partial charge in [0.2, 0.25) is 0 Å². The van der Waals surface area contributed by atoms with Crippen molar-refractivity contribution >= 4 is 14.4 Å². The predicted octanol–water partition coefficient (Wildman–Crippen LogP) is 3.39. The van der Waals surface area contributed by atoms with Gasteiger partial charge >= 0.3 is 6.09 Å². The van der Waals surface area contributed by atoms with E-state index in [0.717, 1.165) is 5.56 Å². The van der Waals surface area contributed by atoms with Crippen molar-refractivity contribution in [3.05, 3.63) is 35.9 Å². The summed E-state index contributed by atoms with van der Waals surface area (Å²) in [6, 6.07) is 8.93. The standard InChI is InChI=1S/C21H35NO5Si/c1-15-18(27-28(5,6)21(2,3)4)12-22(19(15)17(24)13-23)20(25)26-14-16-10-8-7-9-11-16/h7-11,15,17-19,23-24H,12-14H2,1-6H3/t15-,17-,18-,19-/m0/s1. The van der Waals surface area contributed by atoms with E-state index in [4.69, 9.17) is 9.16 Å². The molecule has 0 aromatic heterocycles. The summed E-state index contributed by atoms with van der Waals surface area (Å²) < 4.78 is 12.0. The zero-order chi connectivity index (χ0) is 21.1. The van der Waals surface area contributed by atoms with E-state index in [9.17, 15) is 15.0 Å². The SMILES string of the molecule is C[C@@H]1[C@@H]([C@@H](O)CO)N(C(=O)OCc2ccccc2)C[C@@H]1O[Si](C)(C)C(C)(C)C. The number of carbonyl (C=O) groups excluding carboxylic acids is 1. The van der Waals surface area contributed by atoms with Crippen molar-refractivity contribution in [1.29, 1.82) is 0 Å². The van der Waals surface area contributed by atoms with E-state index < -0.39 is 33.2 Å². The van der Waals surface area contributed by atoms with Crippen molar-refractivity contribution in [3.8, 4) is 0 Å². The summed E-state index contributed by atoms with van der Waals surface area (Å²) in [6.07, 6.45) is -1.72. The Balaban J connectivity index is 2.13. The summed E-state index contributed by atoms with van der Waals surface area (Å²) in [7, 11) is -2.04. The zero-order valence-corrected chi connectivity index (χ0v) is 18.9. The topological polar surface area (TPSA) is 79.2 Å². The molecule has 158 valence electrons. The Labute approximate surface area is 169 Å². The molecule has 1 aliphatic rings. The van der Waals surface area contributed by atoms with Gasteiger partial charge in [0.25, 0.3) is 0 Å². The van der Waals surface area contributed by atoms with E-state index >= 15 is 0 Å². The minimum atomic E-state index is -2.04. The van der Waals surface area contributed by atoms with Gasteiger partial charge in [-0.1, -0.05) is 58.0 Å². The van der Waals surface area contributed by atoms with Gasteiger partial charge in [-0.25, -0.2) is 4.79 Å². The molecule has 0 saturated carbocycles. The molecule has 1 heterocycles. The summed E-state index contributed by atoms with van der Waals surface area (Å²) in [4.78, 5) is 14.3. The van der Waals surface area contributed by atoms with Crippen LogP contribution in [0.2, 0.25) is 18.1 Å². The molecule has 0 unspecified atom stereocenters. The van der Waals surface area contributed by atoms with E-state index in [-0.39, 0.29) is 23.7 Å². The van der Waals surface area contributed by atoms with Gasteiger partial charge < -0.3 is 19.4 Å². The molecule has 2 rings (SSSR count). The summed E-state index contributed by atoms with van der Waals surface area (Å²) in [6.45, 7) is 12.9. The fourth-order valence-corrected chi connectivity index (χ4v) is 4.75. The molecule has 0 radical (unpaired) electrons.